The van der Waals surface area contributed by atoms with Crippen LogP contribution >= 0.6 is 11.3 Å². The molecule has 9 heteroatoms. The number of thiazole rings is 1. The monoisotopic (exact) mass is 359 g/mol. The van der Waals surface area contributed by atoms with Crippen LogP contribution in [0.1, 0.15) is 63.4 Å². The van der Waals surface area contributed by atoms with Crippen LogP contribution in [0.25, 0.3) is 0 Å². The summed E-state index contributed by atoms with van der Waals surface area (Å²) in [5.41, 5.74) is 0.146. The van der Waals surface area contributed by atoms with Crippen molar-refractivity contribution >= 4 is 17.3 Å². The minimum atomic E-state index is -4.47. The Kier molecular flexibility index (Phi) is 4.15. The van der Waals surface area contributed by atoms with Crippen molar-refractivity contribution < 1.29 is 23.1 Å². The van der Waals surface area contributed by atoms with Crippen LogP contribution in [0.15, 0.2) is 6.07 Å². The molecule has 2 aromatic heterocycles. The molecule has 1 aliphatic carbocycles. The highest BCUT2D eigenvalue weighted by molar-refractivity contribution is 7.13. The van der Waals surface area contributed by atoms with Gasteiger partial charge in [0.05, 0.1) is 17.2 Å². The number of carboxylic acid groups (broad SMARTS) is 1. The maximum atomic E-state index is 12.9. The van der Waals surface area contributed by atoms with Crippen LogP contribution in [-0.4, -0.2) is 25.8 Å². The summed E-state index contributed by atoms with van der Waals surface area (Å²) >= 11 is 1.06. The van der Waals surface area contributed by atoms with Gasteiger partial charge in [0.25, 0.3) is 0 Å². The van der Waals surface area contributed by atoms with Crippen LogP contribution < -0.4 is 0 Å². The number of rotatable bonds is 5. The first-order valence-corrected chi connectivity index (χ1v) is 8.34. The lowest BCUT2D eigenvalue weighted by molar-refractivity contribution is -0.141. The molecule has 0 spiro atoms. The van der Waals surface area contributed by atoms with Crippen LogP contribution in [0.3, 0.4) is 0 Å². The molecule has 24 heavy (non-hydrogen) atoms. The zero-order valence-electron chi connectivity index (χ0n) is 13.1. The molecular weight excluding hydrogens is 343 g/mol. The highest BCUT2D eigenvalue weighted by Crippen LogP contribution is 2.42. The molecule has 0 amide bonds. The molecule has 0 aromatic carbocycles. The molecule has 1 fully saturated rings. The van der Waals surface area contributed by atoms with Crippen LogP contribution in [0, 0.1) is 6.92 Å². The quantitative estimate of drug-likeness (QED) is 0.875. The lowest BCUT2D eigenvalue weighted by Crippen LogP contribution is -2.12. The standard InChI is InChI=1S/C15H16F3N3O2S/c1-7(13-19-8(2)12(24-13)14(22)23)6-21-10(9-3-4-9)5-11(20-21)15(16,17)18/h5,7,9H,3-4,6H2,1-2H3,(H,22,23). The fourth-order valence-electron chi connectivity index (χ4n) is 2.59. The number of aromatic nitrogens is 3. The van der Waals surface area contributed by atoms with Gasteiger partial charge in [-0.15, -0.1) is 11.3 Å². The maximum absolute atomic E-state index is 12.9. The fraction of sp³-hybridized carbons (Fsp3) is 0.533. The smallest absolute Gasteiger partial charge is 0.435 e. The number of hydrogen-bond acceptors (Lipinski definition) is 4. The van der Waals surface area contributed by atoms with E-state index in [2.05, 4.69) is 10.1 Å². The van der Waals surface area contributed by atoms with Gasteiger partial charge in [-0.2, -0.15) is 18.3 Å². The second-order valence-electron chi connectivity index (χ2n) is 6.08. The van der Waals surface area contributed by atoms with E-state index in [1.807, 2.05) is 6.92 Å². The average molecular weight is 359 g/mol. The van der Waals surface area contributed by atoms with E-state index < -0.39 is 17.8 Å². The third-order valence-electron chi connectivity index (χ3n) is 3.97. The Bertz CT molecular complexity index is 778. The van der Waals surface area contributed by atoms with Gasteiger partial charge in [-0.05, 0) is 25.8 Å². The SMILES string of the molecule is Cc1nc(C(C)Cn2nc(C(F)(F)F)cc2C2CC2)sc1C(=O)O. The molecule has 1 unspecified atom stereocenters. The van der Waals surface area contributed by atoms with E-state index in [9.17, 15) is 18.0 Å². The summed E-state index contributed by atoms with van der Waals surface area (Å²) in [6.45, 7) is 3.67. The molecule has 2 aromatic rings. The normalized spacial score (nSPS) is 16.4. The van der Waals surface area contributed by atoms with Crippen LogP contribution in [0.2, 0.25) is 0 Å². The van der Waals surface area contributed by atoms with Gasteiger partial charge in [-0.1, -0.05) is 6.92 Å². The van der Waals surface area contributed by atoms with Crippen LogP contribution in [0.4, 0.5) is 13.2 Å². The molecule has 1 atom stereocenters. The Labute approximate surface area is 140 Å². The van der Waals surface area contributed by atoms with Gasteiger partial charge in [0.2, 0.25) is 0 Å². The van der Waals surface area contributed by atoms with Crippen molar-refractivity contribution in [1.82, 2.24) is 14.8 Å². The number of aryl methyl sites for hydroxylation is 1. The first-order valence-electron chi connectivity index (χ1n) is 7.52. The van der Waals surface area contributed by atoms with Gasteiger partial charge in [0, 0.05) is 17.5 Å². The molecule has 1 N–H and O–H groups in total. The molecule has 5 nitrogen and oxygen atoms in total. The summed E-state index contributed by atoms with van der Waals surface area (Å²) in [5.74, 6) is -1.13. The zero-order valence-corrected chi connectivity index (χ0v) is 13.9. The van der Waals surface area contributed by atoms with Crippen molar-refractivity contribution in [3.63, 3.8) is 0 Å². The maximum Gasteiger partial charge on any atom is 0.435 e. The van der Waals surface area contributed by atoms with Gasteiger partial charge in [-0.25, -0.2) is 9.78 Å². The third-order valence-corrected chi connectivity index (χ3v) is 5.35. The van der Waals surface area contributed by atoms with Gasteiger partial charge in [0.1, 0.15) is 4.88 Å². The number of nitrogens with zero attached hydrogens (tertiary/aromatic N) is 3. The van der Waals surface area contributed by atoms with E-state index in [4.69, 9.17) is 5.11 Å². The molecule has 0 saturated heterocycles. The predicted molar refractivity (Wildman–Crippen MR) is 81.4 cm³/mol. The van der Waals surface area contributed by atoms with Gasteiger partial charge >= 0.3 is 12.1 Å². The largest absolute Gasteiger partial charge is 0.477 e. The van der Waals surface area contributed by atoms with Gasteiger partial charge < -0.3 is 5.11 Å². The Balaban J connectivity index is 1.86. The Morgan fingerprint density at radius 1 is 1.50 bits per heavy atom. The third kappa shape index (κ3) is 3.31. The molecule has 0 bridgehead atoms. The van der Waals surface area contributed by atoms with Crippen molar-refractivity contribution in [2.45, 2.75) is 51.2 Å². The number of carboxylic acids is 1. The topological polar surface area (TPSA) is 68.0 Å². The van der Waals surface area contributed by atoms with Gasteiger partial charge in [-0.3, -0.25) is 4.68 Å². The summed E-state index contributed by atoms with van der Waals surface area (Å²) in [7, 11) is 0. The van der Waals surface area contributed by atoms with Crippen molar-refractivity contribution in [2.24, 2.45) is 0 Å². The van der Waals surface area contributed by atoms with Crippen molar-refractivity contribution in [3.05, 3.63) is 33.0 Å². The first kappa shape index (κ1) is 16.9. The van der Waals surface area contributed by atoms with E-state index in [0.29, 0.717) is 16.4 Å². The lowest BCUT2D eigenvalue weighted by Gasteiger charge is -2.11. The molecule has 0 radical (unpaired) electrons. The Morgan fingerprint density at radius 2 is 2.17 bits per heavy atom. The second-order valence-corrected chi connectivity index (χ2v) is 7.11. The van der Waals surface area contributed by atoms with Crippen molar-refractivity contribution in [2.75, 3.05) is 0 Å². The minimum Gasteiger partial charge on any atom is -0.477 e. The van der Waals surface area contributed by atoms with E-state index in [0.717, 1.165) is 30.2 Å². The fourth-order valence-corrected chi connectivity index (χ4v) is 3.54. The molecular formula is C15H16F3N3O2S. The summed E-state index contributed by atoms with van der Waals surface area (Å²) in [6, 6.07) is 1.13. The number of halogens is 3. The number of aromatic carboxylic acids is 1. The summed E-state index contributed by atoms with van der Waals surface area (Å²) in [5, 5.41) is 13.4. The van der Waals surface area contributed by atoms with E-state index >= 15 is 0 Å². The van der Waals surface area contributed by atoms with Crippen molar-refractivity contribution in [1.29, 1.82) is 0 Å². The van der Waals surface area contributed by atoms with E-state index in [-0.39, 0.29) is 23.3 Å². The minimum absolute atomic E-state index is 0.133. The summed E-state index contributed by atoms with van der Waals surface area (Å²) in [4.78, 5) is 15.5. The zero-order chi connectivity index (χ0) is 17.6. The van der Waals surface area contributed by atoms with Crippen molar-refractivity contribution in [3.8, 4) is 0 Å². The predicted octanol–water partition coefficient (Wildman–Crippen LogP) is 4.05. The summed E-state index contributed by atoms with van der Waals surface area (Å²) in [6.07, 6.45) is -2.72. The molecule has 130 valence electrons. The summed E-state index contributed by atoms with van der Waals surface area (Å²) < 4.78 is 40.2. The van der Waals surface area contributed by atoms with Crippen LogP contribution in [-0.2, 0) is 12.7 Å². The molecule has 2 heterocycles. The number of alkyl halides is 3. The van der Waals surface area contributed by atoms with E-state index in [1.54, 1.807) is 6.92 Å². The first-order chi connectivity index (χ1) is 11.2. The molecule has 1 saturated carbocycles. The van der Waals surface area contributed by atoms with Crippen LogP contribution in [0.5, 0.6) is 0 Å². The average Bonchev–Trinajstić information content (AvgIpc) is 3.09. The number of carbonyl (C=O) groups is 1. The Hall–Kier alpha value is -1.90. The molecule has 0 aliphatic heterocycles. The molecule has 3 rings (SSSR count). The van der Waals surface area contributed by atoms with Gasteiger partial charge in [0.15, 0.2) is 5.69 Å². The van der Waals surface area contributed by atoms with E-state index in [1.165, 1.54) is 4.68 Å². The molecule has 1 aliphatic rings. The highest BCUT2D eigenvalue weighted by atomic mass is 32.1. The number of hydrogen-bond donors (Lipinski definition) is 1. The highest BCUT2D eigenvalue weighted by Gasteiger charge is 2.38. The second kappa shape index (κ2) is 5.87. The lowest BCUT2D eigenvalue weighted by atomic mass is 10.2. The Morgan fingerprint density at radius 3 is 2.67 bits per heavy atom.